The van der Waals surface area contributed by atoms with Gasteiger partial charge in [-0.05, 0) is 43.9 Å². The van der Waals surface area contributed by atoms with Crippen LogP contribution in [0.1, 0.15) is 31.7 Å². The van der Waals surface area contributed by atoms with E-state index >= 15 is 0 Å². The fraction of sp³-hybridized carbons (Fsp3) is 0.529. The number of likely N-dealkylation sites (tertiary alicyclic amines) is 1. The number of nitrogens with one attached hydrogen (secondary N) is 2. The summed E-state index contributed by atoms with van der Waals surface area (Å²) in [4.78, 5) is 25.7. The molecule has 124 valence electrons. The van der Waals surface area contributed by atoms with E-state index in [1.807, 2.05) is 23.1 Å². The molecule has 0 saturated carbocycles. The van der Waals surface area contributed by atoms with Gasteiger partial charge in [-0.1, -0.05) is 6.07 Å². The second-order valence-corrected chi connectivity index (χ2v) is 6.12. The summed E-state index contributed by atoms with van der Waals surface area (Å²) in [7, 11) is 0. The molecule has 2 amide bonds. The third-order valence-corrected chi connectivity index (χ3v) is 4.29. The predicted octanol–water partition coefficient (Wildman–Crippen LogP) is 1.51. The first kappa shape index (κ1) is 15.8. The van der Waals surface area contributed by atoms with Gasteiger partial charge in [0.1, 0.15) is 5.75 Å². The Bertz CT molecular complexity index is 597. The van der Waals surface area contributed by atoms with Crippen LogP contribution in [0.2, 0.25) is 0 Å². The van der Waals surface area contributed by atoms with Crippen molar-refractivity contribution in [3.05, 3.63) is 23.8 Å². The van der Waals surface area contributed by atoms with Gasteiger partial charge in [-0.15, -0.1) is 0 Å². The van der Waals surface area contributed by atoms with Gasteiger partial charge in [0.15, 0.2) is 6.10 Å². The number of benzene rings is 1. The number of carbonyl (C=O) groups excluding carboxylic acids is 2. The third-order valence-electron chi connectivity index (χ3n) is 4.29. The number of fused-ring (bicyclic) bond motifs is 1. The van der Waals surface area contributed by atoms with Gasteiger partial charge >= 0.3 is 0 Å². The number of carbonyl (C=O) groups is 2. The van der Waals surface area contributed by atoms with Crippen LogP contribution in [0.25, 0.3) is 0 Å². The predicted molar refractivity (Wildman–Crippen MR) is 87.3 cm³/mol. The van der Waals surface area contributed by atoms with Crippen molar-refractivity contribution in [2.75, 3.05) is 25.0 Å². The fourth-order valence-corrected chi connectivity index (χ4v) is 2.93. The quantitative estimate of drug-likeness (QED) is 0.883. The van der Waals surface area contributed by atoms with Crippen LogP contribution < -0.4 is 15.4 Å². The van der Waals surface area contributed by atoms with Crippen LogP contribution in [0.4, 0.5) is 5.69 Å². The van der Waals surface area contributed by atoms with Crippen molar-refractivity contribution >= 4 is 17.5 Å². The summed E-state index contributed by atoms with van der Waals surface area (Å²) in [6, 6.07) is 5.69. The van der Waals surface area contributed by atoms with Gasteiger partial charge in [-0.25, -0.2) is 0 Å². The van der Waals surface area contributed by atoms with Crippen molar-refractivity contribution in [3.8, 4) is 5.75 Å². The molecule has 3 rings (SSSR count). The maximum Gasteiger partial charge on any atom is 0.265 e. The van der Waals surface area contributed by atoms with Gasteiger partial charge in [0, 0.05) is 19.6 Å². The lowest BCUT2D eigenvalue weighted by Crippen LogP contribution is -2.41. The van der Waals surface area contributed by atoms with Crippen molar-refractivity contribution in [2.24, 2.45) is 0 Å². The Labute approximate surface area is 136 Å². The third kappa shape index (κ3) is 3.82. The lowest BCUT2D eigenvalue weighted by atomic mass is 10.1. The molecule has 2 aliphatic heterocycles. The molecule has 1 unspecified atom stereocenters. The number of rotatable bonds is 4. The maximum absolute atomic E-state index is 12.1. The number of hydrogen-bond donors (Lipinski definition) is 2. The zero-order chi connectivity index (χ0) is 16.2. The Hall–Kier alpha value is -2.08. The highest BCUT2D eigenvalue weighted by Gasteiger charge is 2.23. The summed E-state index contributed by atoms with van der Waals surface area (Å²) in [5, 5.41) is 6.01. The zero-order valence-corrected chi connectivity index (χ0v) is 13.4. The second kappa shape index (κ2) is 7.00. The van der Waals surface area contributed by atoms with Crippen LogP contribution in [0.3, 0.4) is 0 Å². The number of anilines is 1. The zero-order valence-electron chi connectivity index (χ0n) is 13.4. The van der Waals surface area contributed by atoms with Crippen LogP contribution in [0, 0.1) is 0 Å². The van der Waals surface area contributed by atoms with E-state index in [9.17, 15) is 9.59 Å². The van der Waals surface area contributed by atoms with E-state index in [0.717, 1.165) is 31.5 Å². The van der Waals surface area contributed by atoms with E-state index in [1.165, 1.54) is 6.42 Å². The number of piperidine rings is 1. The monoisotopic (exact) mass is 317 g/mol. The first-order chi connectivity index (χ1) is 11.1. The van der Waals surface area contributed by atoms with Gasteiger partial charge < -0.3 is 20.3 Å². The molecule has 0 spiro atoms. The van der Waals surface area contributed by atoms with Crippen molar-refractivity contribution in [2.45, 2.75) is 38.8 Å². The second-order valence-electron chi connectivity index (χ2n) is 6.12. The Morgan fingerprint density at radius 1 is 1.35 bits per heavy atom. The topological polar surface area (TPSA) is 70.7 Å². The van der Waals surface area contributed by atoms with Crippen LogP contribution >= 0.6 is 0 Å². The first-order valence-electron chi connectivity index (χ1n) is 8.22. The Morgan fingerprint density at radius 2 is 2.13 bits per heavy atom. The van der Waals surface area contributed by atoms with Crippen LogP contribution in [-0.2, 0) is 16.1 Å². The molecule has 2 aliphatic rings. The molecule has 1 fully saturated rings. The largest absolute Gasteiger partial charge is 0.479 e. The minimum atomic E-state index is -0.464. The molecule has 0 aliphatic carbocycles. The molecule has 1 atom stereocenters. The van der Waals surface area contributed by atoms with Gasteiger partial charge in [0.05, 0.1) is 12.2 Å². The van der Waals surface area contributed by atoms with Crippen molar-refractivity contribution in [3.63, 3.8) is 0 Å². The molecule has 6 nitrogen and oxygen atoms in total. The summed E-state index contributed by atoms with van der Waals surface area (Å²) in [6.45, 7) is 4.40. The molecule has 23 heavy (non-hydrogen) atoms. The molecule has 1 aromatic carbocycles. The summed E-state index contributed by atoms with van der Waals surface area (Å²) in [5.74, 6) is 0.709. The molecular formula is C17H23N3O3. The molecule has 2 N–H and O–H groups in total. The smallest absolute Gasteiger partial charge is 0.265 e. The molecule has 0 aromatic heterocycles. The summed E-state index contributed by atoms with van der Waals surface area (Å²) in [6.07, 6.45) is 2.97. The van der Waals surface area contributed by atoms with E-state index in [4.69, 9.17) is 4.74 Å². The van der Waals surface area contributed by atoms with E-state index in [-0.39, 0.29) is 11.8 Å². The van der Waals surface area contributed by atoms with Gasteiger partial charge in [-0.3, -0.25) is 9.59 Å². The molecule has 0 radical (unpaired) electrons. The highest BCUT2D eigenvalue weighted by molar-refractivity contribution is 5.97. The number of nitrogens with zero attached hydrogens (tertiary/aromatic N) is 1. The first-order valence-corrected chi connectivity index (χ1v) is 8.22. The van der Waals surface area contributed by atoms with Crippen LogP contribution in [0.15, 0.2) is 18.2 Å². The minimum absolute atomic E-state index is 0.136. The molecule has 2 heterocycles. The van der Waals surface area contributed by atoms with E-state index in [0.29, 0.717) is 24.5 Å². The lowest BCUT2D eigenvalue weighted by molar-refractivity contribution is -0.131. The SMILES string of the molecule is CC1Oc2ccc(CNCC(=O)N3CCCCC3)cc2NC1=O. The van der Waals surface area contributed by atoms with Gasteiger partial charge in [-0.2, -0.15) is 0 Å². The average molecular weight is 317 g/mol. The summed E-state index contributed by atoms with van der Waals surface area (Å²) >= 11 is 0. The standard InChI is InChI=1S/C17H23N3O3/c1-12-17(22)19-14-9-13(5-6-15(14)23-12)10-18-11-16(21)20-7-3-2-4-8-20/h5-6,9,12,18H,2-4,7-8,10-11H2,1H3,(H,19,22). The summed E-state index contributed by atoms with van der Waals surface area (Å²) in [5.41, 5.74) is 1.70. The number of amides is 2. The Morgan fingerprint density at radius 3 is 2.91 bits per heavy atom. The van der Waals surface area contributed by atoms with Crippen molar-refractivity contribution in [1.29, 1.82) is 0 Å². The van der Waals surface area contributed by atoms with Crippen LogP contribution in [-0.4, -0.2) is 42.5 Å². The molecule has 1 aromatic rings. The van der Waals surface area contributed by atoms with E-state index in [2.05, 4.69) is 10.6 Å². The Kier molecular flexibility index (Phi) is 4.81. The highest BCUT2D eigenvalue weighted by Crippen LogP contribution is 2.30. The van der Waals surface area contributed by atoms with Crippen molar-refractivity contribution in [1.82, 2.24) is 10.2 Å². The average Bonchev–Trinajstić information content (AvgIpc) is 2.57. The van der Waals surface area contributed by atoms with Gasteiger partial charge in [0.2, 0.25) is 5.91 Å². The van der Waals surface area contributed by atoms with Gasteiger partial charge in [0.25, 0.3) is 5.91 Å². The number of hydrogen-bond acceptors (Lipinski definition) is 4. The maximum atomic E-state index is 12.1. The van der Waals surface area contributed by atoms with Crippen LogP contribution in [0.5, 0.6) is 5.75 Å². The fourth-order valence-electron chi connectivity index (χ4n) is 2.93. The molecule has 6 heteroatoms. The van der Waals surface area contributed by atoms with E-state index in [1.54, 1.807) is 6.92 Å². The number of ether oxygens (including phenoxy) is 1. The molecule has 1 saturated heterocycles. The molecular weight excluding hydrogens is 294 g/mol. The Balaban J connectivity index is 1.52. The highest BCUT2D eigenvalue weighted by atomic mass is 16.5. The lowest BCUT2D eigenvalue weighted by Gasteiger charge is -2.27. The summed E-state index contributed by atoms with van der Waals surface area (Å²) < 4.78 is 5.53. The van der Waals surface area contributed by atoms with E-state index < -0.39 is 6.10 Å². The van der Waals surface area contributed by atoms with Crippen molar-refractivity contribution < 1.29 is 14.3 Å². The molecule has 0 bridgehead atoms. The minimum Gasteiger partial charge on any atom is -0.479 e. The normalized spacial score (nSPS) is 20.5.